The zero-order valence-corrected chi connectivity index (χ0v) is 13.5. The van der Waals surface area contributed by atoms with Gasteiger partial charge in [0.05, 0.1) is 23.3 Å². The van der Waals surface area contributed by atoms with Crippen molar-refractivity contribution in [1.29, 1.82) is 0 Å². The first-order valence-electron chi connectivity index (χ1n) is 8.23. The predicted octanol–water partition coefficient (Wildman–Crippen LogP) is 0.310. The number of anilines is 1. The number of nitro groups is 1. The Bertz CT molecular complexity index is 616. The van der Waals surface area contributed by atoms with Crippen LogP contribution >= 0.6 is 0 Å². The second kappa shape index (κ2) is 7.25. The maximum absolute atomic E-state index is 12.8. The third-order valence-corrected chi connectivity index (χ3v) is 4.79. The first-order valence-corrected chi connectivity index (χ1v) is 8.23. The van der Waals surface area contributed by atoms with Gasteiger partial charge in [0, 0.05) is 51.4 Å². The smallest absolute Gasteiger partial charge is 0.271 e. The van der Waals surface area contributed by atoms with Gasteiger partial charge >= 0.3 is 0 Å². The minimum atomic E-state index is -0.443. The highest BCUT2D eigenvalue weighted by atomic mass is 16.6. The van der Waals surface area contributed by atoms with Crippen molar-refractivity contribution in [3.8, 4) is 0 Å². The molecule has 0 spiro atoms. The summed E-state index contributed by atoms with van der Waals surface area (Å²) in [6.07, 6.45) is 0.738. The number of hydrogen-bond donors (Lipinski definition) is 1. The summed E-state index contributed by atoms with van der Waals surface area (Å²) in [6.45, 7) is 4.72. The molecule has 2 aliphatic rings. The summed E-state index contributed by atoms with van der Waals surface area (Å²) in [4.78, 5) is 29.3. The van der Waals surface area contributed by atoms with Gasteiger partial charge in [0.2, 0.25) is 5.91 Å². The van der Waals surface area contributed by atoms with Crippen LogP contribution in [0.4, 0.5) is 11.4 Å². The fourth-order valence-corrected chi connectivity index (χ4v) is 3.47. The van der Waals surface area contributed by atoms with E-state index in [1.807, 2.05) is 0 Å². The van der Waals surface area contributed by atoms with Crippen molar-refractivity contribution < 1.29 is 14.8 Å². The Morgan fingerprint density at radius 2 is 1.96 bits per heavy atom. The Kier molecular flexibility index (Phi) is 5.08. The fraction of sp³-hybridized carbons (Fsp3) is 0.562. The number of nitrogens with zero attached hydrogens (tertiary/aromatic N) is 4. The van der Waals surface area contributed by atoms with Crippen LogP contribution in [0.25, 0.3) is 0 Å². The zero-order chi connectivity index (χ0) is 17.1. The molecule has 1 amide bonds. The third-order valence-electron chi connectivity index (χ3n) is 4.79. The molecule has 2 fully saturated rings. The molecular formula is C16H22N4O4. The number of rotatable bonds is 5. The molecule has 1 aromatic rings. The number of benzene rings is 1. The lowest BCUT2D eigenvalue weighted by Crippen LogP contribution is -2.52. The maximum Gasteiger partial charge on any atom is 0.271 e. The van der Waals surface area contributed by atoms with Gasteiger partial charge in [0.15, 0.2) is 0 Å². The van der Waals surface area contributed by atoms with Crippen LogP contribution < -0.4 is 4.90 Å². The van der Waals surface area contributed by atoms with Crippen LogP contribution in [-0.4, -0.2) is 77.7 Å². The second-order valence-corrected chi connectivity index (χ2v) is 6.17. The Labute approximate surface area is 140 Å². The molecule has 0 aliphatic carbocycles. The fourth-order valence-electron chi connectivity index (χ4n) is 3.47. The first kappa shape index (κ1) is 16.8. The highest BCUT2D eigenvalue weighted by Crippen LogP contribution is 2.27. The second-order valence-electron chi connectivity index (χ2n) is 6.17. The van der Waals surface area contributed by atoms with Crippen LogP contribution in [0.3, 0.4) is 0 Å². The van der Waals surface area contributed by atoms with E-state index in [0.29, 0.717) is 18.8 Å². The lowest BCUT2D eigenvalue weighted by Gasteiger charge is -2.37. The van der Waals surface area contributed by atoms with E-state index in [-0.39, 0.29) is 24.2 Å². The van der Waals surface area contributed by atoms with Gasteiger partial charge in [0.1, 0.15) is 0 Å². The number of aliphatic hydroxyl groups is 1. The van der Waals surface area contributed by atoms with Crippen molar-refractivity contribution in [3.05, 3.63) is 34.4 Å². The van der Waals surface area contributed by atoms with Crippen LogP contribution in [0.5, 0.6) is 0 Å². The van der Waals surface area contributed by atoms with Crippen molar-refractivity contribution >= 4 is 17.3 Å². The molecule has 0 bridgehead atoms. The largest absolute Gasteiger partial charge is 0.395 e. The molecule has 0 saturated carbocycles. The summed E-state index contributed by atoms with van der Waals surface area (Å²) in [6, 6.07) is 6.09. The molecular weight excluding hydrogens is 312 g/mol. The number of non-ortho nitro benzene ring substituents is 1. The van der Waals surface area contributed by atoms with Gasteiger partial charge < -0.3 is 10.0 Å². The molecule has 1 aromatic carbocycles. The topological polar surface area (TPSA) is 90.2 Å². The zero-order valence-electron chi connectivity index (χ0n) is 13.5. The van der Waals surface area contributed by atoms with Crippen molar-refractivity contribution in [1.82, 2.24) is 9.80 Å². The molecule has 2 saturated heterocycles. The Morgan fingerprint density at radius 1 is 1.21 bits per heavy atom. The first-order chi connectivity index (χ1) is 11.6. The van der Waals surface area contributed by atoms with Crippen molar-refractivity contribution in [3.63, 3.8) is 0 Å². The number of nitro benzene ring substituents is 1. The molecule has 1 unspecified atom stereocenters. The number of β-amino-alcohol motifs (C(OH)–C–C–N with tert-alkyl or cyclic N) is 1. The van der Waals surface area contributed by atoms with E-state index < -0.39 is 4.92 Å². The van der Waals surface area contributed by atoms with Gasteiger partial charge in [-0.25, -0.2) is 0 Å². The summed E-state index contributed by atoms with van der Waals surface area (Å²) < 4.78 is 0. The van der Waals surface area contributed by atoms with E-state index >= 15 is 0 Å². The van der Waals surface area contributed by atoms with E-state index in [4.69, 9.17) is 5.11 Å². The Morgan fingerprint density at radius 3 is 2.62 bits per heavy atom. The van der Waals surface area contributed by atoms with E-state index in [1.165, 1.54) is 12.1 Å². The molecule has 0 aromatic heterocycles. The molecule has 1 atom stereocenters. The van der Waals surface area contributed by atoms with Gasteiger partial charge in [0.25, 0.3) is 5.69 Å². The van der Waals surface area contributed by atoms with Gasteiger partial charge in [-0.1, -0.05) is 6.07 Å². The summed E-state index contributed by atoms with van der Waals surface area (Å²) in [5.74, 6) is 0.0195. The highest BCUT2D eigenvalue weighted by molar-refractivity contribution is 5.99. The number of carbonyl (C=O) groups excluding carboxylic acids is 1. The average Bonchev–Trinajstić information content (AvgIpc) is 2.97. The standard InChI is InChI=1S/C16H22N4O4/c21-11-10-17-6-8-18(9-7-17)15-4-5-19(16(15)22)13-2-1-3-14(12-13)20(23)24/h1-3,12,15,21H,4-11H2. The average molecular weight is 334 g/mol. The van der Waals surface area contributed by atoms with Crippen LogP contribution in [0, 0.1) is 10.1 Å². The lowest BCUT2D eigenvalue weighted by molar-refractivity contribution is -0.384. The van der Waals surface area contributed by atoms with Crippen LogP contribution in [0.2, 0.25) is 0 Å². The van der Waals surface area contributed by atoms with Crippen molar-refractivity contribution in [2.24, 2.45) is 0 Å². The minimum Gasteiger partial charge on any atom is -0.395 e. The van der Waals surface area contributed by atoms with Gasteiger partial charge in [-0.05, 0) is 12.5 Å². The quantitative estimate of drug-likeness (QED) is 0.616. The van der Waals surface area contributed by atoms with Crippen LogP contribution in [0.1, 0.15) is 6.42 Å². The Hall–Kier alpha value is -2.03. The molecule has 8 heteroatoms. The number of piperazine rings is 1. The molecule has 8 nitrogen and oxygen atoms in total. The molecule has 24 heavy (non-hydrogen) atoms. The normalized spacial score (nSPS) is 23.0. The number of amides is 1. The number of aliphatic hydroxyl groups excluding tert-OH is 1. The van der Waals surface area contributed by atoms with Gasteiger partial charge in [-0.3, -0.25) is 24.7 Å². The summed E-state index contributed by atoms with van der Waals surface area (Å²) in [5, 5.41) is 19.9. The summed E-state index contributed by atoms with van der Waals surface area (Å²) in [7, 11) is 0. The Balaban J connectivity index is 1.65. The third kappa shape index (κ3) is 3.40. The monoisotopic (exact) mass is 334 g/mol. The number of hydrogen-bond acceptors (Lipinski definition) is 6. The molecule has 130 valence electrons. The maximum atomic E-state index is 12.8. The van der Waals surface area contributed by atoms with E-state index in [2.05, 4.69) is 9.80 Å². The molecule has 2 heterocycles. The predicted molar refractivity (Wildman–Crippen MR) is 89.0 cm³/mol. The molecule has 2 aliphatic heterocycles. The van der Waals surface area contributed by atoms with E-state index in [1.54, 1.807) is 17.0 Å². The van der Waals surface area contributed by atoms with Crippen LogP contribution in [-0.2, 0) is 4.79 Å². The molecule has 3 rings (SSSR count). The van der Waals surface area contributed by atoms with Crippen molar-refractivity contribution in [2.75, 3.05) is 50.8 Å². The summed E-state index contributed by atoms with van der Waals surface area (Å²) >= 11 is 0. The summed E-state index contributed by atoms with van der Waals surface area (Å²) in [5.41, 5.74) is 0.594. The minimum absolute atomic E-state index is 0.00127. The van der Waals surface area contributed by atoms with E-state index in [0.717, 1.165) is 32.6 Å². The van der Waals surface area contributed by atoms with Gasteiger partial charge in [-0.2, -0.15) is 0 Å². The lowest BCUT2D eigenvalue weighted by atomic mass is 10.2. The molecule has 0 radical (unpaired) electrons. The SMILES string of the molecule is O=C1C(N2CCN(CCO)CC2)CCN1c1cccc([N+](=O)[O-])c1. The van der Waals surface area contributed by atoms with Crippen molar-refractivity contribution in [2.45, 2.75) is 12.5 Å². The number of carbonyl (C=O) groups is 1. The molecule has 1 N–H and O–H groups in total. The van der Waals surface area contributed by atoms with Gasteiger partial charge in [-0.15, -0.1) is 0 Å². The highest BCUT2D eigenvalue weighted by Gasteiger charge is 2.37. The van der Waals surface area contributed by atoms with E-state index in [9.17, 15) is 14.9 Å². The van der Waals surface area contributed by atoms with Crippen LogP contribution in [0.15, 0.2) is 24.3 Å².